The zero-order valence-corrected chi connectivity index (χ0v) is 12.0. The highest BCUT2D eigenvalue weighted by Crippen LogP contribution is 2.23. The molecule has 7 heteroatoms. The summed E-state index contributed by atoms with van der Waals surface area (Å²) < 4.78 is 0.534. The first kappa shape index (κ1) is 15.6. The van der Waals surface area contributed by atoms with Gasteiger partial charge in [-0.1, -0.05) is 22.0 Å². The Bertz CT molecular complexity index is 479. The van der Waals surface area contributed by atoms with Gasteiger partial charge < -0.3 is 10.4 Å². The standard InChI is InChI=1S/C12H15BrN2O4/c1-8(4-5-16)14-12(17)6-9-2-3-10(15(18)19)7-11(9)13/h2-3,7-8,16H,4-6H2,1H3,(H,14,17). The molecule has 1 atom stereocenters. The van der Waals surface area contributed by atoms with Crippen LogP contribution in [0.4, 0.5) is 5.69 Å². The Hall–Kier alpha value is -1.47. The molecule has 19 heavy (non-hydrogen) atoms. The van der Waals surface area contributed by atoms with Crippen LogP contribution in [0, 0.1) is 10.1 Å². The molecule has 1 unspecified atom stereocenters. The molecule has 0 saturated heterocycles. The summed E-state index contributed by atoms with van der Waals surface area (Å²) in [5.41, 5.74) is 0.656. The van der Waals surface area contributed by atoms with Gasteiger partial charge in [-0.05, 0) is 18.9 Å². The molecule has 0 aliphatic heterocycles. The van der Waals surface area contributed by atoms with Crippen LogP contribution in [0.5, 0.6) is 0 Å². The average Bonchev–Trinajstić information content (AvgIpc) is 2.31. The third-order valence-electron chi connectivity index (χ3n) is 2.57. The molecule has 0 aromatic heterocycles. The van der Waals surface area contributed by atoms with Crippen molar-refractivity contribution in [2.24, 2.45) is 0 Å². The fourth-order valence-electron chi connectivity index (χ4n) is 1.56. The number of hydrogen-bond acceptors (Lipinski definition) is 4. The van der Waals surface area contributed by atoms with Gasteiger partial charge in [-0.25, -0.2) is 0 Å². The minimum atomic E-state index is -0.488. The highest BCUT2D eigenvalue weighted by molar-refractivity contribution is 9.10. The molecule has 0 bridgehead atoms. The van der Waals surface area contributed by atoms with Crippen molar-refractivity contribution in [2.45, 2.75) is 25.8 Å². The van der Waals surface area contributed by atoms with E-state index in [2.05, 4.69) is 21.2 Å². The third-order valence-corrected chi connectivity index (χ3v) is 3.31. The number of amides is 1. The SMILES string of the molecule is CC(CCO)NC(=O)Cc1ccc([N+](=O)[O-])cc1Br. The van der Waals surface area contributed by atoms with Gasteiger partial charge in [-0.2, -0.15) is 0 Å². The van der Waals surface area contributed by atoms with Crippen LogP contribution in [-0.4, -0.2) is 28.6 Å². The van der Waals surface area contributed by atoms with Crippen LogP contribution < -0.4 is 5.32 Å². The van der Waals surface area contributed by atoms with E-state index in [-0.39, 0.29) is 30.7 Å². The summed E-state index contributed by atoms with van der Waals surface area (Å²) in [6.07, 6.45) is 0.627. The minimum Gasteiger partial charge on any atom is -0.396 e. The maximum Gasteiger partial charge on any atom is 0.270 e. The van der Waals surface area contributed by atoms with Gasteiger partial charge in [0, 0.05) is 29.3 Å². The monoisotopic (exact) mass is 330 g/mol. The van der Waals surface area contributed by atoms with Crippen LogP contribution in [0.25, 0.3) is 0 Å². The fraction of sp³-hybridized carbons (Fsp3) is 0.417. The number of halogens is 1. The van der Waals surface area contributed by atoms with Crippen LogP contribution in [0.2, 0.25) is 0 Å². The molecule has 0 heterocycles. The number of non-ortho nitro benzene ring substituents is 1. The first-order chi connectivity index (χ1) is 8.93. The molecule has 1 aromatic carbocycles. The van der Waals surface area contributed by atoms with Crippen LogP contribution in [0.3, 0.4) is 0 Å². The van der Waals surface area contributed by atoms with Crippen molar-refractivity contribution in [1.29, 1.82) is 0 Å². The molecule has 1 rings (SSSR count). The van der Waals surface area contributed by atoms with Gasteiger partial charge in [0.25, 0.3) is 5.69 Å². The Balaban J connectivity index is 2.67. The van der Waals surface area contributed by atoms with Gasteiger partial charge >= 0.3 is 0 Å². The second-order valence-corrected chi connectivity index (χ2v) is 5.04. The number of carbonyl (C=O) groups excluding carboxylic acids is 1. The van der Waals surface area contributed by atoms with Crippen molar-refractivity contribution in [2.75, 3.05) is 6.61 Å². The van der Waals surface area contributed by atoms with Gasteiger partial charge in [-0.15, -0.1) is 0 Å². The summed E-state index contributed by atoms with van der Waals surface area (Å²) in [6, 6.07) is 4.19. The van der Waals surface area contributed by atoms with Gasteiger partial charge in [-0.3, -0.25) is 14.9 Å². The van der Waals surface area contributed by atoms with Crippen molar-refractivity contribution in [3.8, 4) is 0 Å². The molecule has 0 saturated carbocycles. The highest BCUT2D eigenvalue weighted by atomic mass is 79.9. The lowest BCUT2D eigenvalue weighted by molar-refractivity contribution is -0.384. The second kappa shape index (κ2) is 7.20. The van der Waals surface area contributed by atoms with Gasteiger partial charge in [0.05, 0.1) is 11.3 Å². The average molecular weight is 331 g/mol. The van der Waals surface area contributed by atoms with Crippen molar-refractivity contribution in [1.82, 2.24) is 5.32 Å². The van der Waals surface area contributed by atoms with Crippen LogP contribution in [-0.2, 0) is 11.2 Å². The Morgan fingerprint density at radius 3 is 2.79 bits per heavy atom. The molecule has 1 amide bonds. The molecule has 0 aliphatic rings. The number of aliphatic hydroxyl groups excluding tert-OH is 1. The molecule has 1 aromatic rings. The molecule has 0 radical (unpaired) electrons. The number of nitro groups is 1. The summed E-state index contributed by atoms with van der Waals surface area (Å²) in [7, 11) is 0. The van der Waals surface area contributed by atoms with E-state index < -0.39 is 4.92 Å². The number of aliphatic hydroxyl groups is 1. The van der Waals surface area contributed by atoms with Crippen molar-refractivity contribution in [3.05, 3.63) is 38.3 Å². The Morgan fingerprint density at radius 1 is 1.58 bits per heavy atom. The predicted molar refractivity (Wildman–Crippen MR) is 73.8 cm³/mol. The van der Waals surface area contributed by atoms with Gasteiger partial charge in [0.15, 0.2) is 0 Å². The summed E-state index contributed by atoms with van der Waals surface area (Å²) in [4.78, 5) is 21.8. The molecule has 6 nitrogen and oxygen atoms in total. The van der Waals surface area contributed by atoms with Crippen molar-refractivity contribution in [3.63, 3.8) is 0 Å². The van der Waals surface area contributed by atoms with E-state index in [0.717, 1.165) is 0 Å². The fourth-order valence-corrected chi connectivity index (χ4v) is 2.06. The van der Waals surface area contributed by atoms with E-state index in [1.807, 2.05) is 0 Å². The lowest BCUT2D eigenvalue weighted by Gasteiger charge is -2.12. The van der Waals surface area contributed by atoms with Crippen LogP contribution in [0.1, 0.15) is 18.9 Å². The van der Waals surface area contributed by atoms with E-state index >= 15 is 0 Å². The molecule has 2 N–H and O–H groups in total. The number of benzene rings is 1. The Labute approximate surface area is 119 Å². The van der Waals surface area contributed by atoms with Crippen molar-refractivity contribution >= 4 is 27.5 Å². The first-order valence-corrected chi connectivity index (χ1v) is 6.56. The molecule has 0 spiro atoms. The van der Waals surface area contributed by atoms with E-state index in [9.17, 15) is 14.9 Å². The zero-order chi connectivity index (χ0) is 14.4. The maximum absolute atomic E-state index is 11.7. The van der Waals surface area contributed by atoms with E-state index in [0.29, 0.717) is 16.5 Å². The number of nitrogens with one attached hydrogen (secondary N) is 1. The van der Waals surface area contributed by atoms with Gasteiger partial charge in [0.2, 0.25) is 5.91 Å². The largest absolute Gasteiger partial charge is 0.396 e. The Kier molecular flexibility index (Phi) is 5.91. The third kappa shape index (κ3) is 4.96. The molecule has 0 aliphatic carbocycles. The van der Waals surface area contributed by atoms with Crippen LogP contribution in [0.15, 0.2) is 22.7 Å². The minimum absolute atomic E-state index is 0.0165. The number of nitro benzene ring substituents is 1. The second-order valence-electron chi connectivity index (χ2n) is 4.19. The summed E-state index contributed by atoms with van der Waals surface area (Å²) in [5.74, 6) is -0.185. The lowest BCUT2D eigenvalue weighted by Crippen LogP contribution is -2.34. The summed E-state index contributed by atoms with van der Waals surface area (Å²) in [5, 5.41) is 22.1. The quantitative estimate of drug-likeness (QED) is 0.614. The number of nitrogens with zero attached hydrogens (tertiary/aromatic N) is 1. The number of rotatable bonds is 6. The summed E-state index contributed by atoms with van der Waals surface area (Å²) >= 11 is 3.22. The van der Waals surface area contributed by atoms with E-state index in [4.69, 9.17) is 5.11 Å². The number of hydrogen-bond donors (Lipinski definition) is 2. The summed E-state index contributed by atoms with van der Waals surface area (Å²) in [6.45, 7) is 1.82. The zero-order valence-electron chi connectivity index (χ0n) is 10.4. The topological polar surface area (TPSA) is 92.5 Å². The van der Waals surface area contributed by atoms with E-state index in [1.165, 1.54) is 12.1 Å². The molecular formula is C12H15BrN2O4. The maximum atomic E-state index is 11.7. The lowest BCUT2D eigenvalue weighted by atomic mass is 10.1. The highest BCUT2D eigenvalue weighted by Gasteiger charge is 2.13. The Morgan fingerprint density at radius 2 is 2.26 bits per heavy atom. The van der Waals surface area contributed by atoms with Gasteiger partial charge in [0.1, 0.15) is 0 Å². The first-order valence-electron chi connectivity index (χ1n) is 5.77. The molecular weight excluding hydrogens is 316 g/mol. The molecule has 104 valence electrons. The smallest absolute Gasteiger partial charge is 0.270 e. The van der Waals surface area contributed by atoms with E-state index in [1.54, 1.807) is 13.0 Å². The molecule has 0 fully saturated rings. The predicted octanol–water partition coefficient (Wildman–Crippen LogP) is 1.79. The normalized spacial score (nSPS) is 11.9. The number of carbonyl (C=O) groups is 1. The van der Waals surface area contributed by atoms with Crippen molar-refractivity contribution < 1.29 is 14.8 Å². The van der Waals surface area contributed by atoms with Crippen LogP contribution >= 0.6 is 15.9 Å².